The predicted octanol–water partition coefficient (Wildman–Crippen LogP) is 13.0. The molecule has 0 radical (unpaired) electrons. The van der Waals surface area contributed by atoms with E-state index in [9.17, 15) is 0 Å². The summed E-state index contributed by atoms with van der Waals surface area (Å²) in [7, 11) is 0. The van der Waals surface area contributed by atoms with Crippen molar-refractivity contribution in [2.75, 3.05) is 0 Å². The standard InChI is InChI=1S/C45H36O3/c1-31-10-4-7-13-43(31)34-16-22-37(23-17-34)46-40-28-41(47-38-24-18-35(19-25-38)44-14-8-5-11-32(44)2)30-42(29-40)48-39-26-20-36(21-27-39)45-15-9-6-12-33(45)3/h4-30H,1-3H3. The summed E-state index contributed by atoms with van der Waals surface area (Å²) < 4.78 is 19.1. The fourth-order valence-corrected chi connectivity index (χ4v) is 5.93. The van der Waals surface area contributed by atoms with Crippen molar-refractivity contribution in [1.82, 2.24) is 0 Å². The van der Waals surface area contributed by atoms with Crippen LogP contribution in [0, 0.1) is 20.8 Å². The van der Waals surface area contributed by atoms with E-state index in [4.69, 9.17) is 14.2 Å². The minimum atomic E-state index is 0.610. The van der Waals surface area contributed by atoms with Crippen LogP contribution in [0.2, 0.25) is 0 Å². The van der Waals surface area contributed by atoms with Crippen LogP contribution >= 0.6 is 0 Å². The maximum Gasteiger partial charge on any atom is 0.134 e. The third-order valence-electron chi connectivity index (χ3n) is 8.49. The highest BCUT2D eigenvalue weighted by atomic mass is 16.5. The lowest BCUT2D eigenvalue weighted by Crippen LogP contribution is -1.92. The van der Waals surface area contributed by atoms with E-state index in [0.29, 0.717) is 17.2 Å². The first-order valence-electron chi connectivity index (χ1n) is 16.2. The van der Waals surface area contributed by atoms with Gasteiger partial charge in [0.15, 0.2) is 0 Å². The van der Waals surface area contributed by atoms with Crippen molar-refractivity contribution in [3.63, 3.8) is 0 Å². The summed E-state index contributed by atoms with van der Waals surface area (Å²) in [6.07, 6.45) is 0. The van der Waals surface area contributed by atoms with Crippen LogP contribution in [0.4, 0.5) is 0 Å². The fourth-order valence-electron chi connectivity index (χ4n) is 5.93. The van der Waals surface area contributed by atoms with Gasteiger partial charge in [0, 0.05) is 18.2 Å². The van der Waals surface area contributed by atoms with Crippen LogP contribution in [0.25, 0.3) is 33.4 Å². The van der Waals surface area contributed by atoms with Crippen LogP contribution in [-0.2, 0) is 0 Å². The van der Waals surface area contributed by atoms with Gasteiger partial charge in [-0.25, -0.2) is 0 Å². The Morgan fingerprint density at radius 3 is 0.771 bits per heavy atom. The molecule has 0 aliphatic heterocycles. The normalized spacial score (nSPS) is 10.8. The lowest BCUT2D eigenvalue weighted by Gasteiger charge is -2.14. The lowest BCUT2D eigenvalue weighted by molar-refractivity contribution is 0.440. The van der Waals surface area contributed by atoms with Crippen LogP contribution in [-0.4, -0.2) is 0 Å². The first-order valence-corrected chi connectivity index (χ1v) is 16.2. The second kappa shape index (κ2) is 13.7. The van der Waals surface area contributed by atoms with Gasteiger partial charge in [-0.2, -0.15) is 0 Å². The van der Waals surface area contributed by atoms with E-state index < -0.39 is 0 Å². The second-order valence-electron chi connectivity index (χ2n) is 12.0. The van der Waals surface area contributed by atoms with Crippen molar-refractivity contribution in [1.29, 1.82) is 0 Å². The third-order valence-corrected chi connectivity index (χ3v) is 8.49. The van der Waals surface area contributed by atoms with Gasteiger partial charge in [0.25, 0.3) is 0 Å². The Morgan fingerprint density at radius 2 is 0.521 bits per heavy atom. The highest BCUT2D eigenvalue weighted by Gasteiger charge is 2.11. The zero-order valence-corrected chi connectivity index (χ0v) is 27.3. The summed E-state index contributed by atoms with van der Waals surface area (Å²) in [4.78, 5) is 0. The zero-order valence-electron chi connectivity index (χ0n) is 27.3. The molecule has 48 heavy (non-hydrogen) atoms. The van der Waals surface area contributed by atoms with Gasteiger partial charge < -0.3 is 14.2 Å². The quantitative estimate of drug-likeness (QED) is 0.160. The molecule has 234 valence electrons. The van der Waals surface area contributed by atoms with E-state index in [1.807, 2.05) is 54.6 Å². The second-order valence-corrected chi connectivity index (χ2v) is 12.0. The maximum atomic E-state index is 6.38. The summed E-state index contributed by atoms with van der Waals surface area (Å²) >= 11 is 0. The molecule has 0 spiro atoms. The smallest absolute Gasteiger partial charge is 0.134 e. The van der Waals surface area contributed by atoms with Gasteiger partial charge in [0.1, 0.15) is 34.5 Å². The molecule has 3 heteroatoms. The van der Waals surface area contributed by atoms with E-state index in [-0.39, 0.29) is 0 Å². The molecule has 0 bridgehead atoms. The average Bonchev–Trinajstić information content (AvgIpc) is 3.10. The minimum Gasteiger partial charge on any atom is -0.457 e. The zero-order chi connectivity index (χ0) is 32.9. The Balaban J connectivity index is 1.16. The molecular weight excluding hydrogens is 588 g/mol. The Kier molecular flexibility index (Phi) is 8.76. The van der Waals surface area contributed by atoms with Crippen molar-refractivity contribution in [2.24, 2.45) is 0 Å². The molecule has 0 saturated heterocycles. The van der Waals surface area contributed by atoms with Crippen molar-refractivity contribution in [2.45, 2.75) is 20.8 Å². The fraction of sp³-hybridized carbons (Fsp3) is 0.0667. The Hall–Kier alpha value is -6.06. The molecule has 7 rings (SSSR count). The van der Waals surface area contributed by atoms with E-state index >= 15 is 0 Å². The average molecular weight is 625 g/mol. The highest BCUT2D eigenvalue weighted by Crippen LogP contribution is 2.37. The molecule has 0 amide bonds. The van der Waals surface area contributed by atoms with E-state index in [0.717, 1.165) is 33.9 Å². The number of hydrogen-bond donors (Lipinski definition) is 0. The van der Waals surface area contributed by atoms with Gasteiger partial charge >= 0.3 is 0 Å². The predicted molar refractivity (Wildman–Crippen MR) is 197 cm³/mol. The van der Waals surface area contributed by atoms with Crippen molar-refractivity contribution < 1.29 is 14.2 Å². The molecule has 7 aromatic rings. The monoisotopic (exact) mass is 624 g/mol. The summed E-state index contributed by atoms with van der Waals surface area (Å²) in [5.41, 5.74) is 10.7. The van der Waals surface area contributed by atoms with Crippen LogP contribution < -0.4 is 14.2 Å². The van der Waals surface area contributed by atoms with Gasteiger partial charge in [-0.15, -0.1) is 0 Å². The van der Waals surface area contributed by atoms with Gasteiger partial charge in [0.05, 0.1) is 0 Å². The maximum absolute atomic E-state index is 6.38. The van der Waals surface area contributed by atoms with Crippen LogP contribution in [0.15, 0.2) is 164 Å². The van der Waals surface area contributed by atoms with Crippen LogP contribution in [0.1, 0.15) is 16.7 Å². The molecule has 7 aromatic carbocycles. The van der Waals surface area contributed by atoms with E-state index in [1.165, 1.54) is 33.4 Å². The molecule has 0 unspecified atom stereocenters. The van der Waals surface area contributed by atoms with Gasteiger partial charge in [-0.05, 0) is 107 Å². The molecular formula is C45H36O3. The number of aryl methyl sites for hydroxylation is 3. The first kappa shape index (κ1) is 30.6. The molecule has 0 N–H and O–H groups in total. The van der Waals surface area contributed by atoms with Crippen molar-refractivity contribution >= 4 is 0 Å². The number of benzene rings is 7. The molecule has 0 aliphatic rings. The molecule has 0 heterocycles. The van der Waals surface area contributed by atoms with Crippen molar-refractivity contribution in [3.05, 3.63) is 180 Å². The first-order chi connectivity index (χ1) is 23.5. The van der Waals surface area contributed by atoms with E-state index in [1.54, 1.807) is 0 Å². The molecule has 0 aromatic heterocycles. The largest absolute Gasteiger partial charge is 0.457 e. The number of rotatable bonds is 9. The SMILES string of the molecule is Cc1ccccc1-c1ccc(Oc2cc(Oc3ccc(-c4ccccc4C)cc3)cc(Oc3ccc(-c4ccccc4C)cc3)c2)cc1. The van der Waals surface area contributed by atoms with Crippen LogP contribution in [0.5, 0.6) is 34.5 Å². The van der Waals surface area contributed by atoms with Crippen molar-refractivity contribution in [3.8, 4) is 67.9 Å². The summed E-state index contributed by atoms with van der Waals surface area (Å²) in [5, 5.41) is 0. The van der Waals surface area contributed by atoms with E-state index in [2.05, 4.69) is 130 Å². The van der Waals surface area contributed by atoms with Gasteiger partial charge in [0.2, 0.25) is 0 Å². The number of ether oxygens (including phenoxy) is 3. The molecule has 3 nitrogen and oxygen atoms in total. The molecule has 0 saturated carbocycles. The minimum absolute atomic E-state index is 0.610. The number of hydrogen-bond acceptors (Lipinski definition) is 3. The topological polar surface area (TPSA) is 27.7 Å². The molecule has 0 atom stereocenters. The molecule has 0 aliphatic carbocycles. The van der Waals surface area contributed by atoms with Gasteiger partial charge in [-0.1, -0.05) is 109 Å². The Morgan fingerprint density at radius 1 is 0.271 bits per heavy atom. The summed E-state index contributed by atoms with van der Waals surface area (Å²) in [5.74, 6) is 4.00. The summed E-state index contributed by atoms with van der Waals surface area (Å²) in [6, 6.07) is 55.3. The highest BCUT2D eigenvalue weighted by molar-refractivity contribution is 5.69. The molecule has 0 fully saturated rings. The third kappa shape index (κ3) is 7.01. The summed E-state index contributed by atoms with van der Waals surface area (Å²) in [6.45, 7) is 6.37. The Labute approximate surface area is 282 Å². The van der Waals surface area contributed by atoms with Crippen LogP contribution in [0.3, 0.4) is 0 Å². The van der Waals surface area contributed by atoms with Gasteiger partial charge in [-0.3, -0.25) is 0 Å². The lowest BCUT2D eigenvalue weighted by atomic mass is 10.0. The Bertz CT molecular complexity index is 1900.